The standard InChI is InChI=1S/C30H37N5O3/c1-20-17-24(13-14-25(20)35-16-6-8-27(35)36)31-29(37)22-7-5-15-34(18-22)19-26-32-28(33-38-26)21-9-11-23(12-10-21)30(2,3)4/h9-14,17,22H,5-8,15-16,18-19H2,1-4H3,(H,31,37). The van der Waals surface area contributed by atoms with E-state index < -0.39 is 0 Å². The SMILES string of the molecule is Cc1cc(NC(=O)C2CCCN(Cc3nc(-c4ccc(C(C)(C)C)cc4)no3)C2)ccc1N1CCCC1=O. The van der Waals surface area contributed by atoms with Gasteiger partial charge >= 0.3 is 0 Å². The van der Waals surface area contributed by atoms with E-state index in [1.165, 1.54) is 5.56 Å². The number of benzene rings is 2. The molecule has 2 amide bonds. The minimum absolute atomic E-state index is 0.0178. The Hall–Kier alpha value is -3.52. The molecule has 5 rings (SSSR count). The monoisotopic (exact) mass is 515 g/mol. The number of likely N-dealkylation sites (tertiary alicyclic amines) is 1. The molecule has 3 aromatic rings. The Morgan fingerprint density at radius 3 is 2.58 bits per heavy atom. The van der Waals surface area contributed by atoms with Crippen molar-refractivity contribution in [3.8, 4) is 11.4 Å². The Bertz CT molecular complexity index is 1310. The first-order valence-corrected chi connectivity index (χ1v) is 13.5. The van der Waals surface area contributed by atoms with Gasteiger partial charge in [0.1, 0.15) is 0 Å². The Morgan fingerprint density at radius 1 is 1.11 bits per heavy atom. The van der Waals surface area contributed by atoms with Crippen LogP contribution in [0.5, 0.6) is 0 Å². The zero-order valence-electron chi connectivity index (χ0n) is 22.8. The van der Waals surface area contributed by atoms with Crippen LogP contribution in [0.1, 0.15) is 63.5 Å². The summed E-state index contributed by atoms with van der Waals surface area (Å²) in [6.45, 7) is 11.4. The van der Waals surface area contributed by atoms with E-state index in [4.69, 9.17) is 4.52 Å². The number of aryl methyl sites for hydroxylation is 1. The fraction of sp³-hybridized carbons (Fsp3) is 0.467. The van der Waals surface area contributed by atoms with Gasteiger partial charge in [0.2, 0.25) is 23.5 Å². The Balaban J connectivity index is 1.18. The van der Waals surface area contributed by atoms with Gasteiger partial charge in [0.25, 0.3) is 0 Å². The van der Waals surface area contributed by atoms with Crippen molar-refractivity contribution in [3.63, 3.8) is 0 Å². The summed E-state index contributed by atoms with van der Waals surface area (Å²) in [5.74, 6) is 1.21. The maximum atomic E-state index is 13.1. The first-order valence-electron chi connectivity index (χ1n) is 13.5. The highest BCUT2D eigenvalue weighted by molar-refractivity contribution is 5.97. The lowest BCUT2D eigenvalue weighted by atomic mass is 9.87. The van der Waals surface area contributed by atoms with Gasteiger partial charge in [0.05, 0.1) is 12.5 Å². The average Bonchev–Trinajstić information content (AvgIpc) is 3.53. The molecule has 2 aromatic carbocycles. The topological polar surface area (TPSA) is 91.6 Å². The van der Waals surface area contributed by atoms with Crippen LogP contribution in [0.2, 0.25) is 0 Å². The van der Waals surface area contributed by atoms with Crippen LogP contribution < -0.4 is 10.2 Å². The number of hydrogen-bond donors (Lipinski definition) is 1. The van der Waals surface area contributed by atoms with Crippen LogP contribution in [0.25, 0.3) is 11.4 Å². The third-order valence-corrected chi connectivity index (χ3v) is 7.54. The van der Waals surface area contributed by atoms with Crippen molar-refractivity contribution in [1.82, 2.24) is 15.0 Å². The van der Waals surface area contributed by atoms with E-state index in [0.717, 1.165) is 54.9 Å². The molecule has 2 aliphatic rings. The normalized spacial score (nSPS) is 18.7. The Labute approximate surface area is 224 Å². The molecule has 2 aliphatic heterocycles. The number of piperidine rings is 1. The molecule has 1 atom stereocenters. The minimum Gasteiger partial charge on any atom is -0.338 e. The lowest BCUT2D eigenvalue weighted by Crippen LogP contribution is -2.40. The summed E-state index contributed by atoms with van der Waals surface area (Å²) in [5.41, 5.74) is 4.96. The highest BCUT2D eigenvalue weighted by atomic mass is 16.5. The molecule has 1 unspecified atom stereocenters. The van der Waals surface area contributed by atoms with E-state index in [1.54, 1.807) is 0 Å². The summed E-state index contributed by atoms with van der Waals surface area (Å²) in [6.07, 6.45) is 3.27. The van der Waals surface area contributed by atoms with Crippen LogP contribution in [-0.4, -0.2) is 46.5 Å². The second-order valence-electron chi connectivity index (χ2n) is 11.6. The summed E-state index contributed by atoms with van der Waals surface area (Å²) in [7, 11) is 0. The van der Waals surface area contributed by atoms with E-state index in [2.05, 4.69) is 53.3 Å². The van der Waals surface area contributed by atoms with Gasteiger partial charge in [-0.1, -0.05) is 50.2 Å². The Kier molecular flexibility index (Phi) is 7.34. The van der Waals surface area contributed by atoms with Crippen LogP contribution in [-0.2, 0) is 21.5 Å². The molecule has 0 spiro atoms. The van der Waals surface area contributed by atoms with Gasteiger partial charge in [0, 0.05) is 36.4 Å². The molecule has 0 radical (unpaired) electrons. The third-order valence-electron chi connectivity index (χ3n) is 7.54. The summed E-state index contributed by atoms with van der Waals surface area (Å²) >= 11 is 0. The molecule has 2 fully saturated rings. The molecule has 8 heteroatoms. The van der Waals surface area contributed by atoms with Crippen LogP contribution in [0.15, 0.2) is 47.0 Å². The number of anilines is 2. The van der Waals surface area contributed by atoms with Gasteiger partial charge in [0.15, 0.2) is 0 Å². The van der Waals surface area contributed by atoms with E-state index in [-0.39, 0.29) is 23.1 Å². The number of amides is 2. The van der Waals surface area contributed by atoms with E-state index in [9.17, 15) is 9.59 Å². The largest absolute Gasteiger partial charge is 0.338 e. The maximum absolute atomic E-state index is 13.1. The van der Waals surface area contributed by atoms with Crippen molar-refractivity contribution in [2.45, 2.75) is 65.3 Å². The number of hydrogen-bond acceptors (Lipinski definition) is 6. The number of carbonyl (C=O) groups is 2. The number of rotatable bonds is 6. The molecular weight excluding hydrogens is 478 g/mol. The van der Waals surface area contributed by atoms with Crippen molar-refractivity contribution in [2.24, 2.45) is 5.92 Å². The third kappa shape index (κ3) is 5.80. The van der Waals surface area contributed by atoms with Gasteiger partial charge < -0.3 is 14.7 Å². The second kappa shape index (κ2) is 10.7. The highest BCUT2D eigenvalue weighted by Crippen LogP contribution is 2.29. The zero-order chi connectivity index (χ0) is 26.9. The van der Waals surface area contributed by atoms with Crippen molar-refractivity contribution >= 4 is 23.2 Å². The van der Waals surface area contributed by atoms with Gasteiger partial charge in [-0.2, -0.15) is 4.98 Å². The smallest absolute Gasteiger partial charge is 0.241 e. The predicted octanol–water partition coefficient (Wildman–Crippen LogP) is 5.32. The molecule has 0 saturated carbocycles. The average molecular weight is 516 g/mol. The van der Waals surface area contributed by atoms with Crippen LogP contribution in [0.4, 0.5) is 11.4 Å². The Morgan fingerprint density at radius 2 is 1.89 bits per heavy atom. The molecule has 1 N–H and O–H groups in total. The number of nitrogens with one attached hydrogen (secondary N) is 1. The molecule has 1 aromatic heterocycles. The number of aromatic nitrogens is 2. The summed E-state index contributed by atoms with van der Waals surface area (Å²) in [5, 5.41) is 7.27. The number of carbonyl (C=O) groups excluding carboxylic acids is 2. The molecule has 38 heavy (non-hydrogen) atoms. The van der Waals surface area contributed by atoms with E-state index in [1.807, 2.05) is 42.2 Å². The number of nitrogens with zero attached hydrogens (tertiary/aromatic N) is 4. The van der Waals surface area contributed by atoms with Crippen molar-refractivity contribution in [2.75, 3.05) is 29.9 Å². The highest BCUT2D eigenvalue weighted by Gasteiger charge is 2.28. The first kappa shape index (κ1) is 26.1. The van der Waals surface area contributed by atoms with Crippen LogP contribution in [0, 0.1) is 12.8 Å². The summed E-state index contributed by atoms with van der Waals surface area (Å²) < 4.78 is 5.55. The molecule has 200 valence electrons. The molecule has 0 aliphatic carbocycles. The predicted molar refractivity (Wildman–Crippen MR) is 148 cm³/mol. The van der Waals surface area contributed by atoms with Gasteiger partial charge in [-0.15, -0.1) is 0 Å². The maximum Gasteiger partial charge on any atom is 0.241 e. The van der Waals surface area contributed by atoms with Crippen LogP contribution >= 0.6 is 0 Å². The minimum atomic E-state index is -0.115. The van der Waals surface area contributed by atoms with Crippen molar-refractivity contribution in [1.29, 1.82) is 0 Å². The fourth-order valence-electron chi connectivity index (χ4n) is 5.34. The second-order valence-corrected chi connectivity index (χ2v) is 11.6. The summed E-state index contributed by atoms with van der Waals surface area (Å²) in [4.78, 5) is 33.9. The van der Waals surface area contributed by atoms with Crippen molar-refractivity contribution in [3.05, 3.63) is 59.5 Å². The fourth-order valence-corrected chi connectivity index (χ4v) is 5.34. The van der Waals surface area contributed by atoms with E-state index >= 15 is 0 Å². The molecule has 0 bridgehead atoms. The first-order chi connectivity index (χ1) is 18.2. The zero-order valence-corrected chi connectivity index (χ0v) is 22.8. The quantitative estimate of drug-likeness (QED) is 0.478. The molecular formula is C30H37N5O3. The lowest BCUT2D eigenvalue weighted by molar-refractivity contribution is -0.121. The van der Waals surface area contributed by atoms with Crippen LogP contribution in [0.3, 0.4) is 0 Å². The molecule has 2 saturated heterocycles. The van der Waals surface area contributed by atoms with Gasteiger partial charge in [-0.25, -0.2) is 0 Å². The van der Waals surface area contributed by atoms with E-state index in [0.29, 0.717) is 31.2 Å². The van der Waals surface area contributed by atoms with Crippen molar-refractivity contribution < 1.29 is 14.1 Å². The lowest BCUT2D eigenvalue weighted by Gasteiger charge is -2.31. The molecule has 3 heterocycles. The van der Waals surface area contributed by atoms with Gasteiger partial charge in [-0.3, -0.25) is 14.5 Å². The molecule has 8 nitrogen and oxygen atoms in total. The summed E-state index contributed by atoms with van der Waals surface area (Å²) in [6, 6.07) is 14.1. The van der Waals surface area contributed by atoms with Gasteiger partial charge in [-0.05, 0) is 67.5 Å².